The molecule has 1 saturated carbocycles. The molecule has 4 nitrogen and oxygen atoms in total. The number of rotatable bonds is 5. The topological polar surface area (TPSA) is 40.6 Å². The van der Waals surface area contributed by atoms with Crippen LogP contribution in [0, 0.1) is 6.92 Å². The minimum Gasteiger partial charge on any atom is -0.343 e. The van der Waals surface area contributed by atoms with Gasteiger partial charge >= 0.3 is 0 Å². The summed E-state index contributed by atoms with van der Waals surface area (Å²) in [6.07, 6.45) is 7.95. The van der Waals surface area contributed by atoms with Gasteiger partial charge in [0, 0.05) is 32.1 Å². The van der Waals surface area contributed by atoms with Gasteiger partial charge < -0.3 is 9.80 Å². The molecule has 2 heterocycles. The van der Waals surface area contributed by atoms with Crippen LogP contribution >= 0.6 is 0 Å². The van der Waals surface area contributed by atoms with E-state index in [4.69, 9.17) is 0 Å². The number of benzene rings is 1. The highest BCUT2D eigenvalue weighted by Crippen LogP contribution is 2.50. The molecule has 0 bridgehead atoms. The second-order valence-corrected chi connectivity index (χ2v) is 8.37. The van der Waals surface area contributed by atoms with Gasteiger partial charge in [-0.05, 0) is 57.4 Å². The van der Waals surface area contributed by atoms with Crippen molar-refractivity contribution < 1.29 is 9.59 Å². The van der Waals surface area contributed by atoms with Crippen molar-refractivity contribution in [1.82, 2.24) is 9.80 Å². The number of likely N-dealkylation sites (tertiary alicyclic amines) is 2. The van der Waals surface area contributed by atoms with Gasteiger partial charge in [0.2, 0.25) is 11.8 Å². The van der Waals surface area contributed by atoms with Crippen molar-refractivity contribution in [2.75, 3.05) is 19.6 Å². The third-order valence-corrected chi connectivity index (χ3v) is 6.56. The molecule has 0 N–H and O–H groups in total. The molecule has 3 fully saturated rings. The van der Waals surface area contributed by atoms with E-state index >= 15 is 0 Å². The summed E-state index contributed by atoms with van der Waals surface area (Å²) >= 11 is 0. The molecule has 1 unspecified atom stereocenters. The molecule has 2 saturated heterocycles. The number of carbonyl (C=O) groups excluding carboxylic acids is 2. The van der Waals surface area contributed by atoms with Crippen LogP contribution in [0.4, 0.5) is 0 Å². The SMILES string of the molecule is Cc1ccc(C2(C(=O)N3CCCCC3CCN3CCCC3=O)CC2)cc1. The smallest absolute Gasteiger partial charge is 0.233 e. The lowest BCUT2D eigenvalue weighted by molar-refractivity contribution is -0.138. The maximum absolute atomic E-state index is 13.5. The minimum atomic E-state index is -0.271. The fraction of sp³-hybridized carbons (Fsp3) is 0.636. The van der Waals surface area contributed by atoms with Crippen molar-refractivity contribution in [2.24, 2.45) is 0 Å². The van der Waals surface area contributed by atoms with E-state index in [1.165, 1.54) is 17.5 Å². The summed E-state index contributed by atoms with van der Waals surface area (Å²) in [5.41, 5.74) is 2.16. The normalized spacial score (nSPS) is 24.8. The zero-order valence-corrected chi connectivity index (χ0v) is 15.9. The third kappa shape index (κ3) is 3.26. The van der Waals surface area contributed by atoms with Crippen molar-refractivity contribution in [3.8, 4) is 0 Å². The van der Waals surface area contributed by atoms with Crippen LogP contribution in [0.2, 0.25) is 0 Å². The first kappa shape index (κ1) is 17.6. The van der Waals surface area contributed by atoms with Crippen molar-refractivity contribution in [2.45, 2.75) is 69.7 Å². The van der Waals surface area contributed by atoms with Gasteiger partial charge in [-0.25, -0.2) is 0 Å². The van der Waals surface area contributed by atoms with Crippen molar-refractivity contribution in [3.05, 3.63) is 35.4 Å². The number of aryl methyl sites for hydroxylation is 1. The summed E-state index contributed by atoms with van der Waals surface area (Å²) in [4.78, 5) is 29.5. The van der Waals surface area contributed by atoms with Gasteiger partial charge in [0.15, 0.2) is 0 Å². The van der Waals surface area contributed by atoms with Gasteiger partial charge in [0.05, 0.1) is 5.41 Å². The molecule has 140 valence electrons. The van der Waals surface area contributed by atoms with Gasteiger partial charge in [-0.1, -0.05) is 29.8 Å². The Morgan fingerprint density at radius 2 is 1.88 bits per heavy atom. The zero-order valence-electron chi connectivity index (χ0n) is 15.9. The summed E-state index contributed by atoms with van der Waals surface area (Å²) in [5.74, 6) is 0.621. The Kier molecular flexibility index (Phi) is 4.76. The lowest BCUT2D eigenvalue weighted by Gasteiger charge is -2.39. The maximum atomic E-state index is 13.5. The zero-order chi connectivity index (χ0) is 18.1. The predicted molar refractivity (Wildman–Crippen MR) is 102 cm³/mol. The fourth-order valence-corrected chi connectivity index (χ4v) is 4.71. The van der Waals surface area contributed by atoms with E-state index in [0.29, 0.717) is 18.4 Å². The Morgan fingerprint density at radius 3 is 2.54 bits per heavy atom. The van der Waals surface area contributed by atoms with Crippen LogP contribution in [0.3, 0.4) is 0 Å². The van der Waals surface area contributed by atoms with E-state index in [0.717, 1.165) is 58.2 Å². The largest absolute Gasteiger partial charge is 0.343 e. The molecule has 1 atom stereocenters. The van der Waals surface area contributed by atoms with Gasteiger partial charge in [0.1, 0.15) is 0 Å². The average Bonchev–Trinajstić information content (AvgIpc) is 3.37. The molecule has 3 aliphatic rings. The molecule has 0 radical (unpaired) electrons. The molecule has 1 aromatic rings. The molecule has 2 aliphatic heterocycles. The average molecular weight is 354 g/mol. The van der Waals surface area contributed by atoms with Crippen molar-refractivity contribution >= 4 is 11.8 Å². The fourth-order valence-electron chi connectivity index (χ4n) is 4.71. The van der Waals surface area contributed by atoms with E-state index in [1.54, 1.807) is 0 Å². The van der Waals surface area contributed by atoms with Crippen LogP contribution in [0.15, 0.2) is 24.3 Å². The van der Waals surface area contributed by atoms with E-state index in [9.17, 15) is 9.59 Å². The second-order valence-electron chi connectivity index (χ2n) is 8.37. The Bertz CT molecular complexity index is 678. The standard InChI is InChI=1S/C22H30N2O2/c1-17-7-9-18(10-8-17)22(12-13-22)21(26)24-15-3-2-5-19(24)11-16-23-14-4-6-20(23)25/h7-10,19H,2-6,11-16H2,1H3. The number of nitrogens with zero attached hydrogens (tertiary/aromatic N) is 2. The number of hydrogen-bond acceptors (Lipinski definition) is 2. The molecule has 0 aromatic heterocycles. The first-order valence-electron chi connectivity index (χ1n) is 10.3. The lowest BCUT2D eigenvalue weighted by Crippen LogP contribution is -2.49. The molecular formula is C22H30N2O2. The van der Waals surface area contributed by atoms with Gasteiger partial charge in [0.25, 0.3) is 0 Å². The second kappa shape index (κ2) is 7.05. The third-order valence-electron chi connectivity index (χ3n) is 6.56. The van der Waals surface area contributed by atoms with Crippen molar-refractivity contribution in [3.63, 3.8) is 0 Å². The van der Waals surface area contributed by atoms with Crippen LogP contribution in [0.1, 0.15) is 62.5 Å². The Labute approximate surface area is 156 Å². The van der Waals surface area contributed by atoms with Crippen LogP contribution < -0.4 is 0 Å². The molecule has 4 rings (SSSR count). The predicted octanol–water partition coefficient (Wildman–Crippen LogP) is 3.42. The molecular weight excluding hydrogens is 324 g/mol. The van der Waals surface area contributed by atoms with E-state index in [2.05, 4.69) is 36.1 Å². The summed E-state index contributed by atoms with van der Waals surface area (Å²) < 4.78 is 0. The van der Waals surface area contributed by atoms with Crippen LogP contribution in [-0.2, 0) is 15.0 Å². The Morgan fingerprint density at radius 1 is 1.12 bits per heavy atom. The van der Waals surface area contributed by atoms with Crippen LogP contribution in [0.25, 0.3) is 0 Å². The molecule has 0 spiro atoms. The molecule has 1 aromatic carbocycles. The highest BCUT2D eigenvalue weighted by Gasteiger charge is 2.53. The summed E-state index contributed by atoms with van der Waals surface area (Å²) in [6, 6.07) is 8.82. The lowest BCUT2D eigenvalue weighted by atomic mass is 9.90. The molecule has 2 amide bonds. The number of amides is 2. The van der Waals surface area contributed by atoms with Crippen molar-refractivity contribution in [1.29, 1.82) is 0 Å². The number of carbonyl (C=O) groups is 2. The quantitative estimate of drug-likeness (QED) is 0.813. The van der Waals surface area contributed by atoms with Gasteiger partial charge in [-0.2, -0.15) is 0 Å². The highest BCUT2D eigenvalue weighted by atomic mass is 16.2. The van der Waals surface area contributed by atoms with Crippen LogP contribution in [-0.4, -0.2) is 47.3 Å². The van der Waals surface area contributed by atoms with E-state index in [1.807, 2.05) is 4.90 Å². The molecule has 1 aliphatic carbocycles. The Hall–Kier alpha value is -1.84. The number of piperidine rings is 1. The summed E-state index contributed by atoms with van der Waals surface area (Å²) in [7, 11) is 0. The number of hydrogen-bond donors (Lipinski definition) is 0. The maximum Gasteiger partial charge on any atom is 0.233 e. The molecule has 4 heteroatoms. The van der Waals surface area contributed by atoms with Gasteiger partial charge in [-0.3, -0.25) is 9.59 Å². The first-order chi connectivity index (χ1) is 12.6. The summed E-state index contributed by atoms with van der Waals surface area (Å²) in [5, 5.41) is 0. The summed E-state index contributed by atoms with van der Waals surface area (Å²) in [6.45, 7) is 4.67. The highest BCUT2D eigenvalue weighted by molar-refractivity contribution is 5.91. The Balaban J connectivity index is 1.46. The van der Waals surface area contributed by atoms with E-state index in [-0.39, 0.29) is 11.3 Å². The molecule has 26 heavy (non-hydrogen) atoms. The van der Waals surface area contributed by atoms with Gasteiger partial charge in [-0.15, -0.1) is 0 Å². The first-order valence-corrected chi connectivity index (χ1v) is 10.3. The minimum absolute atomic E-state index is 0.271. The van der Waals surface area contributed by atoms with Crippen LogP contribution in [0.5, 0.6) is 0 Å². The van der Waals surface area contributed by atoms with E-state index < -0.39 is 0 Å². The monoisotopic (exact) mass is 354 g/mol.